The minimum atomic E-state index is 0.300. The summed E-state index contributed by atoms with van der Waals surface area (Å²) in [4.78, 5) is 7.40. The Bertz CT molecular complexity index is 1030. The van der Waals surface area contributed by atoms with Crippen molar-refractivity contribution in [1.82, 2.24) is 9.55 Å². The van der Waals surface area contributed by atoms with Gasteiger partial charge in [0.2, 0.25) is 0 Å². The van der Waals surface area contributed by atoms with E-state index < -0.39 is 0 Å². The Hall–Kier alpha value is -1.85. The van der Waals surface area contributed by atoms with Gasteiger partial charge in [-0.05, 0) is 83.8 Å². The maximum atomic E-state index is 9.48. The quantitative estimate of drug-likeness (QED) is 0.545. The molecule has 3 aromatic rings. The van der Waals surface area contributed by atoms with E-state index in [9.17, 15) is 5.11 Å². The van der Waals surface area contributed by atoms with Gasteiger partial charge in [-0.15, -0.1) is 0 Å². The van der Waals surface area contributed by atoms with Gasteiger partial charge in [-0.2, -0.15) is 0 Å². The largest absolute Gasteiger partial charge is 0.396 e. The third kappa shape index (κ3) is 3.82. The molecule has 5 heteroatoms. The number of aromatic nitrogens is 2. The van der Waals surface area contributed by atoms with E-state index in [1.807, 2.05) is 0 Å². The summed E-state index contributed by atoms with van der Waals surface area (Å²) in [5, 5.41) is 10.7. The SMILES string of the molecule is Cc1cc(N2CCC(CO)CC2)c2c(C)cn(-c3ccc(C(C)C)cc3Br)c2n1. The summed E-state index contributed by atoms with van der Waals surface area (Å²) in [6, 6.07) is 8.84. The first-order valence-electron chi connectivity index (χ1n) is 10.5. The van der Waals surface area contributed by atoms with Gasteiger partial charge < -0.3 is 10.0 Å². The lowest BCUT2D eigenvalue weighted by Crippen LogP contribution is -2.35. The molecular formula is C24H30BrN3O. The minimum Gasteiger partial charge on any atom is -0.396 e. The van der Waals surface area contributed by atoms with E-state index in [0.29, 0.717) is 18.4 Å². The predicted octanol–water partition coefficient (Wildman–Crippen LogP) is 5.74. The average Bonchev–Trinajstić information content (AvgIpc) is 3.03. The molecule has 0 atom stereocenters. The fourth-order valence-corrected chi connectivity index (χ4v) is 4.97. The number of anilines is 1. The van der Waals surface area contributed by atoms with Crippen LogP contribution in [0.1, 0.15) is 49.4 Å². The van der Waals surface area contributed by atoms with Crippen LogP contribution in [0.25, 0.3) is 16.7 Å². The lowest BCUT2D eigenvalue weighted by molar-refractivity contribution is 0.203. The molecule has 0 saturated carbocycles. The Labute approximate surface area is 181 Å². The lowest BCUT2D eigenvalue weighted by atomic mass is 9.97. The number of nitrogens with zero attached hydrogens (tertiary/aromatic N) is 3. The highest BCUT2D eigenvalue weighted by atomic mass is 79.9. The molecule has 0 amide bonds. The number of halogens is 1. The van der Waals surface area contributed by atoms with Gasteiger partial charge in [-0.1, -0.05) is 19.9 Å². The Morgan fingerprint density at radius 1 is 1.14 bits per heavy atom. The van der Waals surface area contributed by atoms with Gasteiger partial charge in [0, 0.05) is 47.1 Å². The molecule has 4 rings (SSSR count). The van der Waals surface area contributed by atoms with E-state index in [-0.39, 0.29) is 0 Å². The van der Waals surface area contributed by atoms with Crippen molar-refractivity contribution in [2.24, 2.45) is 5.92 Å². The zero-order chi connectivity index (χ0) is 20.7. The van der Waals surface area contributed by atoms with Crippen molar-refractivity contribution in [3.8, 4) is 5.69 Å². The summed E-state index contributed by atoms with van der Waals surface area (Å²) in [6.45, 7) is 11.0. The van der Waals surface area contributed by atoms with E-state index in [0.717, 1.165) is 47.4 Å². The topological polar surface area (TPSA) is 41.3 Å². The third-order valence-electron chi connectivity index (χ3n) is 6.16. The molecule has 1 aliphatic rings. The number of benzene rings is 1. The van der Waals surface area contributed by atoms with Crippen molar-refractivity contribution >= 4 is 32.7 Å². The monoisotopic (exact) mass is 455 g/mol. The van der Waals surface area contributed by atoms with Crippen molar-refractivity contribution in [1.29, 1.82) is 0 Å². The summed E-state index contributed by atoms with van der Waals surface area (Å²) >= 11 is 3.79. The Morgan fingerprint density at radius 3 is 2.48 bits per heavy atom. The summed E-state index contributed by atoms with van der Waals surface area (Å²) in [5.41, 5.74) is 7.01. The molecule has 0 bridgehead atoms. The van der Waals surface area contributed by atoms with Gasteiger partial charge in [0.05, 0.1) is 5.69 Å². The number of piperidine rings is 1. The molecule has 0 aliphatic carbocycles. The van der Waals surface area contributed by atoms with Crippen molar-refractivity contribution < 1.29 is 5.11 Å². The smallest absolute Gasteiger partial charge is 0.147 e. The van der Waals surface area contributed by atoms with E-state index >= 15 is 0 Å². The van der Waals surface area contributed by atoms with Crippen LogP contribution < -0.4 is 4.90 Å². The predicted molar refractivity (Wildman–Crippen MR) is 124 cm³/mol. The maximum Gasteiger partial charge on any atom is 0.147 e. The van der Waals surface area contributed by atoms with Gasteiger partial charge in [0.25, 0.3) is 0 Å². The van der Waals surface area contributed by atoms with Crippen LogP contribution in [-0.2, 0) is 0 Å². The van der Waals surface area contributed by atoms with Crippen molar-refractivity contribution in [2.45, 2.75) is 46.5 Å². The van der Waals surface area contributed by atoms with Crippen LogP contribution in [0, 0.1) is 19.8 Å². The molecule has 0 unspecified atom stereocenters. The first-order chi connectivity index (χ1) is 13.9. The number of hydrogen-bond donors (Lipinski definition) is 1. The molecule has 1 aromatic carbocycles. The number of aliphatic hydroxyl groups excluding tert-OH is 1. The van der Waals surface area contributed by atoms with Gasteiger partial charge >= 0.3 is 0 Å². The van der Waals surface area contributed by atoms with Crippen LogP contribution in [-0.4, -0.2) is 34.4 Å². The van der Waals surface area contributed by atoms with Gasteiger partial charge in [-0.3, -0.25) is 4.57 Å². The van der Waals surface area contributed by atoms with E-state index in [1.54, 1.807) is 0 Å². The molecule has 1 N–H and O–H groups in total. The molecular weight excluding hydrogens is 426 g/mol. The van der Waals surface area contributed by atoms with Gasteiger partial charge in [0.15, 0.2) is 0 Å². The highest BCUT2D eigenvalue weighted by Gasteiger charge is 2.23. The second-order valence-corrected chi connectivity index (χ2v) is 9.50. The fourth-order valence-electron chi connectivity index (χ4n) is 4.38. The Morgan fingerprint density at radius 2 is 1.86 bits per heavy atom. The zero-order valence-corrected chi connectivity index (χ0v) is 19.3. The Balaban J connectivity index is 1.82. The summed E-state index contributed by atoms with van der Waals surface area (Å²) < 4.78 is 3.31. The number of rotatable bonds is 4. The summed E-state index contributed by atoms with van der Waals surface area (Å²) in [6.07, 6.45) is 4.29. The van der Waals surface area contributed by atoms with Crippen LogP contribution in [0.15, 0.2) is 34.9 Å². The van der Waals surface area contributed by atoms with Crippen LogP contribution in [0.3, 0.4) is 0 Å². The highest BCUT2D eigenvalue weighted by Crippen LogP contribution is 2.36. The van der Waals surface area contributed by atoms with Crippen molar-refractivity contribution in [3.63, 3.8) is 0 Å². The number of hydrogen-bond acceptors (Lipinski definition) is 3. The summed E-state index contributed by atoms with van der Waals surface area (Å²) in [5.74, 6) is 0.933. The number of fused-ring (bicyclic) bond motifs is 1. The molecule has 29 heavy (non-hydrogen) atoms. The van der Waals surface area contributed by atoms with Crippen LogP contribution >= 0.6 is 15.9 Å². The first-order valence-corrected chi connectivity index (χ1v) is 11.3. The van der Waals surface area contributed by atoms with Gasteiger partial charge in [0.1, 0.15) is 5.65 Å². The van der Waals surface area contributed by atoms with Crippen LogP contribution in [0.4, 0.5) is 5.69 Å². The molecule has 1 aliphatic heterocycles. The number of aliphatic hydroxyl groups is 1. The lowest BCUT2D eigenvalue weighted by Gasteiger charge is -2.33. The zero-order valence-electron chi connectivity index (χ0n) is 17.7. The van der Waals surface area contributed by atoms with Crippen LogP contribution in [0.5, 0.6) is 0 Å². The first kappa shape index (κ1) is 20.4. The van der Waals surface area contributed by atoms with Gasteiger partial charge in [-0.25, -0.2) is 4.98 Å². The third-order valence-corrected chi connectivity index (χ3v) is 6.80. The molecule has 2 aromatic heterocycles. The molecule has 154 valence electrons. The summed E-state index contributed by atoms with van der Waals surface area (Å²) in [7, 11) is 0. The molecule has 4 nitrogen and oxygen atoms in total. The minimum absolute atomic E-state index is 0.300. The fraction of sp³-hybridized carbons (Fsp3) is 0.458. The van der Waals surface area contributed by atoms with E-state index in [1.165, 1.54) is 22.2 Å². The average molecular weight is 456 g/mol. The van der Waals surface area contributed by atoms with Crippen molar-refractivity contribution in [3.05, 3.63) is 51.8 Å². The van der Waals surface area contributed by atoms with E-state index in [2.05, 4.69) is 83.6 Å². The molecule has 0 radical (unpaired) electrons. The number of pyridine rings is 1. The van der Waals surface area contributed by atoms with E-state index in [4.69, 9.17) is 4.98 Å². The normalized spacial score (nSPS) is 15.6. The number of aryl methyl sites for hydroxylation is 2. The second kappa shape index (κ2) is 8.11. The molecule has 1 saturated heterocycles. The maximum absolute atomic E-state index is 9.48. The Kier molecular flexibility index (Phi) is 5.71. The standard InChI is InChI=1S/C24H30BrN3O/c1-15(2)19-5-6-21(20(25)12-19)28-13-16(3)23-22(11-17(4)26-24(23)28)27-9-7-18(14-29)8-10-27/h5-6,11-13,15,18,29H,7-10,14H2,1-4H3. The highest BCUT2D eigenvalue weighted by molar-refractivity contribution is 9.10. The molecule has 1 fully saturated rings. The van der Waals surface area contributed by atoms with Crippen LogP contribution in [0.2, 0.25) is 0 Å². The molecule has 3 heterocycles. The molecule has 0 spiro atoms. The second-order valence-electron chi connectivity index (χ2n) is 8.64. The van der Waals surface area contributed by atoms with Crippen molar-refractivity contribution in [2.75, 3.05) is 24.6 Å².